The van der Waals surface area contributed by atoms with Gasteiger partial charge in [0.25, 0.3) is 5.91 Å². The Balaban J connectivity index is 1.79. The maximum absolute atomic E-state index is 13.2. The molecule has 1 aliphatic rings. The fourth-order valence-electron chi connectivity index (χ4n) is 3.00. The number of carbonyl (C=O) groups excluding carboxylic acids is 1. The Labute approximate surface area is 178 Å². The fourth-order valence-corrected chi connectivity index (χ4v) is 3.25. The number of hydrogen-bond donors (Lipinski definition) is 0. The van der Waals surface area contributed by atoms with Crippen LogP contribution in [0.4, 0.5) is 5.69 Å². The van der Waals surface area contributed by atoms with E-state index in [1.54, 1.807) is 42.4 Å². The highest BCUT2D eigenvalue weighted by atomic mass is 35.5. The van der Waals surface area contributed by atoms with E-state index in [-0.39, 0.29) is 5.91 Å². The highest BCUT2D eigenvalue weighted by Gasteiger charge is 2.32. The van der Waals surface area contributed by atoms with Gasteiger partial charge in [0.2, 0.25) is 0 Å². The van der Waals surface area contributed by atoms with Crippen molar-refractivity contribution in [2.75, 3.05) is 12.0 Å². The molecule has 0 saturated carbocycles. The molecule has 4 rings (SSSR count). The Hall–Kier alpha value is -3.08. The Morgan fingerprint density at radius 3 is 2.03 bits per heavy atom. The van der Waals surface area contributed by atoms with Gasteiger partial charge in [-0.25, -0.2) is 4.99 Å². The number of anilines is 1. The van der Waals surface area contributed by atoms with Gasteiger partial charge in [-0.3, -0.25) is 9.69 Å². The molecule has 1 amide bonds. The monoisotopic (exact) mass is 422 g/mol. The molecule has 29 heavy (non-hydrogen) atoms. The van der Waals surface area contributed by atoms with Crippen molar-refractivity contribution in [1.29, 1.82) is 0 Å². The van der Waals surface area contributed by atoms with Crippen LogP contribution in [0.15, 0.2) is 83.5 Å². The van der Waals surface area contributed by atoms with E-state index >= 15 is 0 Å². The van der Waals surface area contributed by atoms with Crippen LogP contribution in [0.2, 0.25) is 10.0 Å². The van der Waals surface area contributed by atoms with Gasteiger partial charge in [0.15, 0.2) is 0 Å². The van der Waals surface area contributed by atoms with Crippen LogP contribution in [0, 0.1) is 0 Å². The van der Waals surface area contributed by atoms with Crippen LogP contribution in [0.5, 0.6) is 5.75 Å². The topological polar surface area (TPSA) is 41.9 Å². The van der Waals surface area contributed by atoms with Crippen LogP contribution in [-0.2, 0) is 4.79 Å². The molecular weight excluding hydrogens is 407 g/mol. The number of benzene rings is 3. The lowest BCUT2D eigenvalue weighted by molar-refractivity contribution is -0.113. The van der Waals surface area contributed by atoms with Crippen LogP contribution in [-0.4, -0.2) is 18.9 Å². The predicted octanol–water partition coefficient (Wildman–Crippen LogP) is 5.84. The van der Waals surface area contributed by atoms with Gasteiger partial charge in [0.05, 0.1) is 12.8 Å². The van der Waals surface area contributed by atoms with Crippen molar-refractivity contribution in [2.24, 2.45) is 4.99 Å². The molecule has 0 N–H and O–H groups in total. The molecule has 0 saturated heterocycles. The molecule has 0 atom stereocenters. The molecule has 144 valence electrons. The molecule has 3 aromatic rings. The van der Waals surface area contributed by atoms with Crippen molar-refractivity contribution in [3.05, 3.63) is 99.7 Å². The Morgan fingerprint density at radius 1 is 0.862 bits per heavy atom. The summed E-state index contributed by atoms with van der Waals surface area (Å²) in [6, 6.07) is 21.7. The highest BCUT2D eigenvalue weighted by Crippen LogP contribution is 2.29. The number of nitrogens with zero attached hydrogens (tertiary/aromatic N) is 2. The average Bonchev–Trinajstić information content (AvgIpc) is 3.06. The van der Waals surface area contributed by atoms with Crippen LogP contribution >= 0.6 is 23.2 Å². The van der Waals surface area contributed by atoms with Crippen molar-refractivity contribution >= 4 is 46.7 Å². The number of halogens is 2. The molecule has 0 aliphatic carbocycles. The molecule has 0 radical (unpaired) electrons. The minimum atomic E-state index is -0.213. The van der Waals surface area contributed by atoms with Crippen molar-refractivity contribution in [1.82, 2.24) is 0 Å². The van der Waals surface area contributed by atoms with Gasteiger partial charge in [-0.2, -0.15) is 0 Å². The molecule has 0 bridgehead atoms. The van der Waals surface area contributed by atoms with Crippen LogP contribution in [0.3, 0.4) is 0 Å². The molecular formula is C23H16Cl2N2O2. The van der Waals surface area contributed by atoms with E-state index in [2.05, 4.69) is 4.99 Å². The zero-order valence-electron chi connectivity index (χ0n) is 15.5. The van der Waals surface area contributed by atoms with Crippen molar-refractivity contribution < 1.29 is 9.53 Å². The standard InChI is InChI=1S/C23H16Cl2N2O2/c1-29-20-12-10-19(11-13-20)27-22(16-4-8-18(25)9-5-16)26-21(23(27)28)14-15-2-6-17(24)7-3-15/h2-14H,1H3/b21-14+. The lowest BCUT2D eigenvalue weighted by Gasteiger charge is -2.19. The summed E-state index contributed by atoms with van der Waals surface area (Å²) < 4.78 is 5.22. The van der Waals surface area contributed by atoms with Gasteiger partial charge in [-0.05, 0) is 72.3 Å². The summed E-state index contributed by atoms with van der Waals surface area (Å²) in [4.78, 5) is 19.5. The van der Waals surface area contributed by atoms with E-state index < -0.39 is 0 Å². The summed E-state index contributed by atoms with van der Waals surface area (Å²) in [6.45, 7) is 0. The summed E-state index contributed by atoms with van der Waals surface area (Å²) in [5.41, 5.74) is 2.67. The number of amidine groups is 1. The molecule has 0 spiro atoms. The second kappa shape index (κ2) is 8.11. The third-order valence-corrected chi connectivity index (χ3v) is 4.97. The number of amides is 1. The largest absolute Gasteiger partial charge is 0.497 e. The van der Waals surface area contributed by atoms with Crippen molar-refractivity contribution in [3.63, 3.8) is 0 Å². The summed E-state index contributed by atoms with van der Waals surface area (Å²) in [5, 5.41) is 1.25. The van der Waals surface area contributed by atoms with Gasteiger partial charge < -0.3 is 4.74 Å². The van der Waals surface area contributed by atoms with Crippen LogP contribution in [0.25, 0.3) is 6.08 Å². The molecule has 4 nitrogen and oxygen atoms in total. The van der Waals surface area contributed by atoms with E-state index in [0.29, 0.717) is 33.0 Å². The first-order chi connectivity index (χ1) is 14.0. The Morgan fingerprint density at radius 2 is 1.45 bits per heavy atom. The van der Waals surface area contributed by atoms with Gasteiger partial charge >= 0.3 is 0 Å². The predicted molar refractivity (Wildman–Crippen MR) is 118 cm³/mol. The molecule has 0 fully saturated rings. The average molecular weight is 423 g/mol. The smallest absolute Gasteiger partial charge is 0.282 e. The number of hydrogen-bond acceptors (Lipinski definition) is 3. The molecule has 1 heterocycles. The normalized spacial score (nSPS) is 15.0. The van der Waals surface area contributed by atoms with Gasteiger partial charge in [0.1, 0.15) is 17.3 Å². The van der Waals surface area contributed by atoms with Crippen LogP contribution < -0.4 is 9.64 Å². The van der Waals surface area contributed by atoms with Gasteiger partial charge in [0, 0.05) is 15.6 Å². The third-order valence-electron chi connectivity index (χ3n) is 4.47. The lowest BCUT2D eigenvalue weighted by atomic mass is 10.1. The fraction of sp³-hybridized carbons (Fsp3) is 0.0435. The first-order valence-corrected chi connectivity index (χ1v) is 9.61. The zero-order valence-corrected chi connectivity index (χ0v) is 17.0. The first kappa shape index (κ1) is 19.2. The number of rotatable bonds is 4. The van der Waals surface area contributed by atoms with Crippen molar-refractivity contribution in [2.45, 2.75) is 0 Å². The summed E-state index contributed by atoms with van der Waals surface area (Å²) in [7, 11) is 1.60. The quantitative estimate of drug-likeness (QED) is 0.495. The Bertz CT molecular complexity index is 1100. The summed E-state index contributed by atoms with van der Waals surface area (Å²) in [6.07, 6.45) is 1.75. The number of aliphatic imine (C=N–C) groups is 1. The second-order valence-corrected chi connectivity index (χ2v) is 7.23. The van der Waals surface area contributed by atoms with Crippen molar-refractivity contribution in [3.8, 4) is 5.75 Å². The highest BCUT2D eigenvalue weighted by molar-refractivity contribution is 6.34. The number of carbonyl (C=O) groups is 1. The molecule has 6 heteroatoms. The summed E-state index contributed by atoms with van der Waals surface area (Å²) in [5.74, 6) is 1.04. The van der Waals surface area contributed by atoms with E-state index in [1.807, 2.05) is 48.5 Å². The molecule has 1 aliphatic heterocycles. The minimum Gasteiger partial charge on any atom is -0.497 e. The van der Waals surface area contributed by atoms with Gasteiger partial charge in [-0.1, -0.05) is 35.3 Å². The first-order valence-electron chi connectivity index (χ1n) is 8.85. The lowest BCUT2D eigenvalue weighted by Crippen LogP contribution is -2.32. The molecule has 0 aromatic heterocycles. The minimum absolute atomic E-state index is 0.213. The Kier molecular flexibility index (Phi) is 5.38. The summed E-state index contributed by atoms with van der Waals surface area (Å²) >= 11 is 12.0. The third kappa shape index (κ3) is 4.04. The number of ether oxygens (including phenoxy) is 1. The van der Waals surface area contributed by atoms with E-state index in [4.69, 9.17) is 27.9 Å². The van der Waals surface area contributed by atoms with Crippen LogP contribution in [0.1, 0.15) is 11.1 Å². The zero-order chi connectivity index (χ0) is 20.4. The number of methoxy groups -OCH3 is 1. The van der Waals surface area contributed by atoms with Gasteiger partial charge in [-0.15, -0.1) is 0 Å². The SMILES string of the molecule is COc1ccc(N2C(=O)/C(=C\c3ccc(Cl)cc3)N=C2c2ccc(Cl)cc2)cc1. The molecule has 3 aromatic carbocycles. The van der Waals surface area contributed by atoms with E-state index in [0.717, 1.165) is 11.1 Å². The molecule has 0 unspecified atom stereocenters. The van der Waals surface area contributed by atoms with E-state index in [9.17, 15) is 4.79 Å². The van der Waals surface area contributed by atoms with E-state index in [1.165, 1.54) is 0 Å². The second-order valence-electron chi connectivity index (χ2n) is 6.36. The maximum atomic E-state index is 13.2. The maximum Gasteiger partial charge on any atom is 0.282 e.